The first-order valence-electron chi connectivity index (χ1n) is 11.5. The summed E-state index contributed by atoms with van der Waals surface area (Å²) < 4.78 is 27.1. The van der Waals surface area contributed by atoms with Crippen molar-refractivity contribution in [1.29, 1.82) is 0 Å². The van der Waals surface area contributed by atoms with E-state index < -0.39 is 0 Å². The molecule has 174 valence electrons. The first-order chi connectivity index (χ1) is 16.2. The van der Waals surface area contributed by atoms with Crippen molar-refractivity contribution in [1.82, 2.24) is 24.5 Å². The Kier molecular flexibility index (Phi) is 6.22. The van der Waals surface area contributed by atoms with Gasteiger partial charge >= 0.3 is 0 Å². The highest BCUT2D eigenvalue weighted by Gasteiger charge is 2.25. The fourth-order valence-corrected chi connectivity index (χ4v) is 5.05. The molecule has 4 heterocycles. The first kappa shape index (κ1) is 21.8. The number of benzene rings is 1. The number of likely N-dealkylation sites (tertiary alicyclic amines) is 1. The van der Waals surface area contributed by atoms with Crippen LogP contribution in [0.4, 0.5) is 4.39 Å². The van der Waals surface area contributed by atoms with Crippen LogP contribution in [0.5, 0.6) is 5.75 Å². The highest BCUT2D eigenvalue weighted by Crippen LogP contribution is 2.32. The summed E-state index contributed by atoms with van der Waals surface area (Å²) in [4.78, 5) is 18.8. The van der Waals surface area contributed by atoms with E-state index in [0.717, 1.165) is 60.6 Å². The molecule has 0 N–H and O–H groups in total. The Bertz CT molecular complexity index is 1160. The lowest BCUT2D eigenvalue weighted by molar-refractivity contribution is -0.135. The second kappa shape index (κ2) is 9.43. The Hall–Kier alpha value is -3.07. The van der Waals surface area contributed by atoms with Gasteiger partial charge in [-0.25, -0.2) is 9.37 Å². The summed E-state index contributed by atoms with van der Waals surface area (Å²) in [6, 6.07) is 3.19. The van der Waals surface area contributed by atoms with Gasteiger partial charge in [0, 0.05) is 50.4 Å². The van der Waals surface area contributed by atoms with Crippen LogP contribution in [0.2, 0.25) is 0 Å². The molecule has 1 atom stereocenters. The Labute approximate surface area is 191 Å². The number of nitrogens with zero attached hydrogens (tertiary/aromatic N) is 5. The smallest absolute Gasteiger partial charge is 0.248 e. The van der Waals surface area contributed by atoms with E-state index in [-0.39, 0.29) is 24.2 Å². The lowest BCUT2D eigenvalue weighted by Gasteiger charge is -2.20. The molecule has 5 rings (SSSR count). The lowest BCUT2D eigenvalue weighted by Crippen LogP contribution is -2.34. The average Bonchev–Trinajstić information content (AvgIpc) is 3.43. The molecule has 8 nitrogen and oxygen atoms in total. The second-order valence-electron chi connectivity index (χ2n) is 8.70. The van der Waals surface area contributed by atoms with Crippen LogP contribution in [0.1, 0.15) is 47.7 Å². The zero-order chi connectivity index (χ0) is 22.8. The zero-order valence-corrected chi connectivity index (χ0v) is 18.8. The molecular formula is C24H28FN5O3. The minimum Gasteiger partial charge on any atom is -0.493 e. The van der Waals surface area contributed by atoms with Crippen molar-refractivity contribution >= 4 is 11.6 Å². The van der Waals surface area contributed by atoms with E-state index in [2.05, 4.69) is 10.2 Å². The van der Waals surface area contributed by atoms with Crippen molar-refractivity contribution in [3.8, 4) is 5.75 Å². The minimum atomic E-state index is -0.193. The van der Waals surface area contributed by atoms with Crippen LogP contribution in [0.3, 0.4) is 0 Å². The van der Waals surface area contributed by atoms with Gasteiger partial charge in [0.15, 0.2) is 5.65 Å². The fourth-order valence-electron chi connectivity index (χ4n) is 5.05. The molecule has 2 aliphatic heterocycles. The molecule has 1 unspecified atom stereocenters. The summed E-state index contributed by atoms with van der Waals surface area (Å²) >= 11 is 0. The van der Waals surface area contributed by atoms with Crippen LogP contribution in [-0.4, -0.2) is 63.8 Å². The van der Waals surface area contributed by atoms with E-state index in [1.807, 2.05) is 15.5 Å². The third-order valence-corrected chi connectivity index (χ3v) is 6.76. The average molecular weight is 454 g/mol. The number of methoxy groups -OCH3 is 1. The normalized spacial score (nSPS) is 18.2. The van der Waals surface area contributed by atoms with E-state index >= 15 is 0 Å². The monoisotopic (exact) mass is 453 g/mol. The molecular weight excluding hydrogens is 425 g/mol. The molecule has 1 aromatic carbocycles. The molecule has 1 saturated heterocycles. The van der Waals surface area contributed by atoms with Crippen molar-refractivity contribution in [2.45, 2.75) is 44.4 Å². The zero-order valence-electron chi connectivity index (χ0n) is 18.8. The molecule has 9 heteroatoms. The molecule has 1 amide bonds. The van der Waals surface area contributed by atoms with E-state index in [4.69, 9.17) is 14.5 Å². The summed E-state index contributed by atoms with van der Waals surface area (Å²) in [5, 5.41) is 8.51. The number of carbonyl (C=O) groups is 1. The first-order valence-corrected chi connectivity index (χ1v) is 11.5. The van der Waals surface area contributed by atoms with Crippen molar-refractivity contribution in [2.75, 3.05) is 33.4 Å². The van der Waals surface area contributed by atoms with Crippen LogP contribution >= 0.6 is 0 Å². The SMILES string of the molecule is COCC(=O)N1CCCC(c2cnc(CCc3c(F)ccc4c3CCO4)n3cnnc23)CC1. The maximum Gasteiger partial charge on any atom is 0.248 e. The number of fused-ring (bicyclic) bond motifs is 2. The number of aryl methyl sites for hydroxylation is 1. The quantitative estimate of drug-likeness (QED) is 0.571. The van der Waals surface area contributed by atoms with Crippen LogP contribution in [0, 0.1) is 5.82 Å². The number of carbonyl (C=O) groups excluding carboxylic acids is 1. The Morgan fingerprint density at radius 2 is 2.18 bits per heavy atom. The van der Waals surface area contributed by atoms with Gasteiger partial charge in [0.25, 0.3) is 0 Å². The van der Waals surface area contributed by atoms with Crippen LogP contribution in [-0.2, 0) is 28.8 Å². The molecule has 1 fully saturated rings. The van der Waals surface area contributed by atoms with Crippen molar-refractivity contribution in [3.63, 3.8) is 0 Å². The maximum atomic E-state index is 14.5. The largest absolute Gasteiger partial charge is 0.493 e. The third-order valence-electron chi connectivity index (χ3n) is 6.76. The molecule has 0 bridgehead atoms. The summed E-state index contributed by atoms with van der Waals surface area (Å²) in [6.45, 7) is 2.15. The molecule has 0 spiro atoms. The highest BCUT2D eigenvalue weighted by atomic mass is 19.1. The lowest BCUT2D eigenvalue weighted by atomic mass is 9.93. The molecule has 0 radical (unpaired) electrons. The number of hydrogen-bond acceptors (Lipinski definition) is 6. The number of aromatic nitrogens is 4. The molecule has 33 heavy (non-hydrogen) atoms. The highest BCUT2D eigenvalue weighted by molar-refractivity contribution is 5.77. The Morgan fingerprint density at radius 1 is 1.27 bits per heavy atom. The third kappa shape index (κ3) is 4.29. The summed E-state index contributed by atoms with van der Waals surface area (Å²) in [7, 11) is 1.54. The van der Waals surface area contributed by atoms with Crippen LogP contribution in [0.25, 0.3) is 5.65 Å². The van der Waals surface area contributed by atoms with Gasteiger partial charge in [-0.05, 0) is 49.3 Å². The summed E-state index contributed by atoms with van der Waals surface area (Å²) in [6.07, 6.45) is 8.16. The summed E-state index contributed by atoms with van der Waals surface area (Å²) in [5.74, 6) is 1.69. The second-order valence-corrected chi connectivity index (χ2v) is 8.70. The van der Waals surface area contributed by atoms with Gasteiger partial charge in [-0.1, -0.05) is 0 Å². The maximum absolute atomic E-state index is 14.5. The van der Waals surface area contributed by atoms with E-state index in [0.29, 0.717) is 31.6 Å². The molecule has 2 aliphatic rings. The van der Waals surface area contributed by atoms with Crippen LogP contribution in [0.15, 0.2) is 24.7 Å². The van der Waals surface area contributed by atoms with Gasteiger partial charge in [0.1, 0.15) is 30.3 Å². The van der Waals surface area contributed by atoms with E-state index in [9.17, 15) is 9.18 Å². The standard InChI is InChI=1S/C24H28FN5O3/c1-32-14-23(31)29-10-2-3-16(8-11-29)19-13-26-22(30-15-27-28-24(19)30)7-4-17-18-9-12-33-21(18)6-5-20(17)25/h5-6,13,15-16H,2-4,7-12,14H2,1H3. The fraction of sp³-hybridized carbons (Fsp3) is 0.500. The number of halogens is 1. The van der Waals surface area contributed by atoms with Gasteiger partial charge in [-0.15, -0.1) is 10.2 Å². The topological polar surface area (TPSA) is 81.8 Å². The van der Waals surface area contributed by atoms with Gasteiger partial charge < -0.3 is 14.4 Å². The van der Waals surface area contributed by atoms with Gasteiger partial charge in [-0.2, -0.15) is 0 Å². The minimum absolute atomic E-state index is 0.0317. The Balaban J connectivity index is 1.34. The van der Waals surface area contributed by atoms with E-state index in [1.54, 1.807) is 19.5 Å². The Morgan fingerprint density at radius 3 is 3.06 bits per heavy atom. The number of hydrogen-bond donors (Lipinski definition) is 0. The van der Waals surface area contributed by atoms with Crippen molar-refractivity contribution in [3.05, 3.63) is 53.0 Å². The van der Waals surface area contributed by atoms with Gasteiger partial charge in [-0.3, -0.25) is 9.20 Å². The van der Waals surface area contributed by atoms with E-state index in [1.165, 1.54) is 6.07 Å². The molecule has 3 aromatic rings. The van der Waals surface area contributed by atoms with Gasteiger partial charge in [0.2, 0.25) is 5.91 Å². The predicted octanol–water partition coefficient (Wildman–Crippen LogP) is 2.73. The molecule has 0 saturated carbocycles. The summed E-state index contributed by atoms with van der Waals surface area (Å²) in [5.41, 5.74) is 3.53. The molecule has 2 aromatic heterocycles. The predicted molar refractivity (Wildman–Crippen MR) is 119 cm³/mol. The molecule has 0 aliphatic carbocycles. The van der Waals surface area contributed by atoms with Crippen LogP contribution < -0.4 is 4.74 Å². The van der Waals surface area contributed by atoms with Crippen molar-refractivity contribution < 1.29 is 18.7 Å². The van der Waals surface area contributed by atoms with Crippen molar-refractivity contribution in [2.24, 2.45) is 0 Å². The number of rotatable bonds is 6. The number of amides is 1. The number of ether oxygens (including phenoxy) is 2. The van der Waals surface area contributed by atoms with Gasteiger partial charge in [0.05, 0.1) is 6.61 Å².